The lowest BCUT2D eigenvalue weighted by molar-refractivity contribution is -0.140. The Kier molecular flexibility index (Phi) is 15.2. The fraction of sp³-hybridized carbons (Fsp3) is 0.842. The second-order valence-corrected chi connectivity index (χ2v) is 6.19. The first-order valence-electron chi connectivity index (χ1n) is 9.66. The Morgan fingerprint density at radius 2 is 1.26 bits per heavy atom. The van der Waals surface area contributed by atoms with Gasteiger partial charge in [-0.05, 0) is 32.9 Å². The van der Waals surface area contributed by atoms with Crippen molar-refractivity contribution in [1.29, 1.82) is 0 Å². The topological polar surface area (TPSA) is 84.5 Å². The molecular formula is C19H35NO7. The number of hydrogen-bond acceptors (Lipinski definition) is 8. The minimum atomic E-state index is -0.398. The normalized spacial score (nSPS) is 15.0. The third-order valence-electron chi connectivity index (χ3n) is 3.79. The molecule has 0 aliphatic carbocycles. The van der Waals surface area contributed by atoms with E-state index in [-0.39, 0.29) is 6.61 Å². The molecule has 0 unspecified atom stereocenters. The minimum Gasteiger partial charge on any atom is -0.460 e. The van der Waals surface area contributed by atoms with Crippen LogP contribution in [-0.4, -0.2) is 91.2 Å². The van der Waals surface area contributed by atoms with Crippen molar-refractivity contribution in [2.75, 3.05) is 79.2 Å². The Hall–Kier alpha value is -1.03. The number of hydrogen-bond donors (Lipinski definition) is 1. The van der Waals surface area contributed by atoms with Crippen molar-refractivity contribution >= 4 is 5.97 Å². The minimum absolute atomic E-state index is 0.220. The van der Waals surface area contributed by atoms with E-state index >= 15 is 0 Å². The summed E-state index contributed by atoms with van der Waals surface area (Å²) >= 11 is 0. The van der Waals surface area contributed by atoms with Crippen molar-refractivity contribution < 1.29 is 33.2 Å². The van der Waals surface area contributed by atoms with Gasteiger partial charge < -0.3 is 33.7 Å². The van der Waals surface area contributed by atoms with Crippen LogP contribution in [-0.2, 0) is 33.2 Å². The zero-order chi connectivity index (χ0) is 19.6. The Labute approximate surface area is 162 Å². The largest absolute Gasteiger partial charge is 0.460 e. The number of ether oxygens (including phenoxy) is 6. The van der Waals surface area contributed by atoms with Crippen molar-refractivity contribution in [3.05, 3.63) is 12.2 Å². The average Bonchev–Trinajstić information content (AvgIpc) is 2.68. The predicted molar refractivity (Wildman–Crippen MR) is 101 cm³/mol. The van der Waals surface area contributed by atoms with Gasteiger partial charge >= 0.3 is 5.97 Å². The highest BCUT2D eigenvalue weighted by Crippen LogP contribution is 2.06. The molecule has 0 saturated carbocycles. The molecule has 0 atom stereocenters. The zero-order valence-corrected chi connectivity index (χ0v) is 16.5. The highest BCUT2D eigenvalue weighted by atomic mass is 16.6. The zero-order valence-electron chi connectivity index (χ0n) is 16.5. The molecule has 8 heteroatoms. The fourth-order valence-electron chi connectivity index (χ4n) is 2.31. The summed E-state index contributed by atoms with van der Waals surface area (Å²) < 4.78 is 32.2. The van der Waals surface area contributed by atoms with Crippen LogP contribution in [0.1, 0.15) is 19.8 Å². The molecule has 1 heterocycles. The van der Waals surface area contributed by atoms with Gasteiger partial charge in [0, 0.05) is 5.57 Å². The molecule has 0 aromatic rings. The average molecular weight is 389 g/mol. The molecule has 1 fully saturated rings. The van der Waals surface area contributed by atoms with Crippen molar-refractivity contribution in [3.8, 4) is 0 Å². The van der Waals surface area contributed by atoms with Crippen molar-refractivity contribution in [1.82, 2.24) is 5.32 Å². The molecule has 0 bridgehead atoms. The highest BCUT2D eigenvalue weighted by molar-refractivity contribution is 5.86. The van der Waals surface area contributed by atoms with Gasteiger partial charge in [0.1, 0.15) is 6.61 Å². The number of nitrogens with one attached hydrogen (secondary N) is 1. The second-order valence-electron chi connectivity index (χ2n) is 6.19. The molecule has 0 spiro atoms. The molecule has 0 radical (unpaired) electrons. The van der Waals surface area contributed by atoms with Gasteiger partial charge in [-0.1, -0.05) is 6.58 Å². The van der Waals surface area contributed by atoms with Crippen LogP contribution in [0.25, 0.3) is 0 Å². The molecule has 1 rings (SSSR count). The molecular weight excluding hydrogens is 354 g/mol. The summed E-state index contributed by atoms with van der Waals surface area (Å²) in [5.74, 6) is -0.398. The lowest BCUT2D eigenvalue weighted by Crippen LogP contribution is -2.33. The van der Waals surface area contributed by atoms with Crippen LogP contribution < -0.4 is 5.32 Å². The molecule has 1 aliphatic heterocycles. The Balaban J connectivity index is 1.69. The smallest absolute Gasteiger partial charge is 0.333 e. The SMILES string of the molecule is C=C(C)C(=O)OCCOCCOCCOCCOCCOC1CCNCC1. The van der Waals surface area contributed by atoms with Crippen molar-refractivity contribution in [2.24, 2.45) is 0 Å². The Morgan fingerprint density at radius 3 is 1.74 bits per heavy atom. The highest BCUT2D eigenvalue weighted by Gasteiger charge is 2.12. The molecule has 1 aliphatic rings. The van der Waals surface area contributed by atoms with Crippen LogP contribution in [0.15, 0.2) is 12.2 Å². The van der Waals surface area contributed by atoms with Gasteiger partial charge in [-0.15, -0.1) is 0 Å². The van der Waals surface area contributed by atoms with Crippen LogP contribution >= 0.6 is 0 Å². The molecule has 0 aromatic heterocycles. The summed E-state index contributed by atoms with van der Waals surface area (Å²) in [6, 6.07) is 0. The summed E-state index contributed by atoms with van der Waals surface area (Å²) in [7, 11) is 0. The number of esters is 1. The maximum atomic E-state index is 11.1. The molecule has 8 nitrogen and oxygen atoms in total. The lowest BCUT2D eigenvalue weighted by Gasteiger charge is -2.22. The number of carbonyl (C=O) groups is 1. The summed E-state index contributed by atoms with van der Waals surface area (Å²) in [5.41, 5.74) is 0.384. The number of rotatable bonds is 17. The summed E-state index contributed by atoms with van der Waals surface area (Å²) in [5, 5.41) is 3.31. The summed E-state index contributed by atoms with van der Waals surface area (Å²) in [6.07, 6.45) is 2.53. The maximum absolute atomic E-state index is 11.1. The Bertz CT molecular complexity index is 386. The molecule has 158 valence electrons. The van der Waals surface area contributed by atoms with E-state index < -0.39 is 5.97 Å². The van der Waals surface area contributed by atoms with Gasteiger partial charge in [0.2, 0.25) is 0 Å². The first-order valence-corrected chi connectivity index (χ1v) is 9.66. The third kappa shape index (κ3) is 14.7. The molecule has 0 aromatic carbocycles. The van der Waals surface area contributed by atoms with Gasteiger partial charge in [-0.25, -0.2) is 4.79 Å². The van der Waals surface area contributed by atoms with Gasteiger partial charge in [-0.3, -0.25) is 0 Å². The molecule has 27 heavy (non-hydrogen) atoms. The van der Waals surface area contributed by atoms with E-state index in [1.807, 2.05) is 0 Å². The predicted octanol–water partition coefficient (Wildman–Crippen LogP) is 0.941. The maximum Gasteiger partial charge on any atom is 0.333 e. The number of carbonyl (C=O) groups excluding carboxylic acids is 1. The summed E-state index contributed by atoms with van der Waals surface area (Å²) in [4.78, 5) is 11.1. The van der Waals surface area contributed by atoms with E-state index in [0.29, 0.717) is 71.1 Å². The van der Waals surface area contributed by atoms with E-state index in [9.17, 15) is 4.79 Å². The van der Waals surface area contributed by atoms with E-state index in [4.69, 9.17) is 28.4 Å². The fourth-order valence-corrected chi connectivity index (χ4v) is 2.31. The van der Waals surface area contributed by atoms with Crippen LogP contribution in [0.3, 0.4) is 0 Å². The summed E-state index contributed by atoms with van der Waals surface area (Å²) in [6.45, 7) is 12.0. The quantitative estimate of drug-likeness (QED) is 0.224. The Morgan fingerprint density at radius 1 is 0.815 bits per heavy atom. The van der Waals surface area contributed by atoms with Crippen molar-refractivity contribution in [3.63, 3.8) is 0 Å². The standard InChI is InChI=1S/C19H35NO7/c1-17(2)19(21)27-16-14-25-12-10-23-8-7-22-9-11-24-13-15-26-18-3-5-20-6-4-18/h18,20H,1,3-16H2,2H3. The van der Waals surface area contributed by atoms with Crippen LogP contribution in [0.2, 0.25) is 0 Å². The molecule has 1 saturated heterocycles. The van der Waals surface area contributed by atoms with Gasteiger partial charge in [0.05, 0.1) is 65.6 Å². The first-order chi connectivity index (χ1) is 13.2. The first kappa shape index (κ1) is 24.0. The van der Waals surface area contributed by atoms with E-state index in [1.165, 1.54) is 0 Å². The van der Waals surface area contributed by atoms with E-state index in [1.54, 1.807) is 6.92 Å². The number of piperidine rings is 1. The molecule has 0 amide bonds. The van der Waals surface area contributed by atoms with Crippen LogP contribution in [0.4, 0.5) is 0 Å². The lowest BCUT2D eigenvalue weighted by atomic mass is 10.1. The van der Waals surface area contributed by atoms with Gasteiger partial charge in [0.25, 0.3) is 0 Å². The molecule has 1 N–H and O–H groups in total. The van der Waals surface area contributed by atoms with E-state index in [2.05, 4.69) is 11.9 Å². The van der Waals surface area contributed by atoms with Gasteiger partial charge in [0.15, 0.2) is 0 Å². The second kappa shape index (κ2) is 17.1. The van der Waals surface area contributed by atoms with Gasteiger partial charge in [-0.2, -0.15) is 0 Å². The van der Waals surface area contributed by atoms with Crippen LogP contribution in [0, 0.1) is 0 Å². The monoisotopic (exact) mass is 389 g/mol. The van der Waals surface area contributed by atoms with Crippen LogP contribution in [0.5, 0.6) is 0 Å². The van der Waals surface area contributed by atoms with E-state index in [0.717, 1.165) is 25.9 Å². The van der Waals surface area contributed by atoms with Crippen molar-refractivity contribution in [2.45, 2.75) is 25.9 Å². The third-order valence-corrected chi connectivity index (χ3v) is 3.79.